The summed E-state index contributed by atoms with van der Waals surface area (Å²) in [5.74, 6) is 1.23. The molecule has 6 nitrogen and oxygen atoms in total. The molecule has 0 radical (unpaired) electrons. The van der Waals surface area contributed by atoms with Crippen molar-refractivity contribution in [3.05, 3.63) is 11.7 Å². The molecule has 0 aliphatic heterocycles. The number of carbonyl (C=O) groups is 1. The summed E-state index contributed by atoms with van der Waals surface area (Å²) in [7, 11) is 1.41. The lowest BCUT2D eigenvalue weighted by molar-refractivity contribution is -0.143. The van der Waals surface area contributed by atoms with Gasteiger partial charge >= 0.3 is 6.18 Å². The molecule has 0 aliphatic carbocycles. The topological polar surface area (TPSA) is 71.3 Å². The first-order valence-electron chi connectivity index (χ1n) is 8.02. The number of halogens is 3. The van der Waals surface area contributed by atoms with E-state index in [1.165, 1.54) is 11.9 Å². The molecule has 1 aromatic rings. The highest BCUT2D eigenvalue weighted by molar-refractivity contribution is 5.75. The number of carbonyl (C=O) groups excluding carboxylic acids is 1. The number of aryl methyl sites for hydroxylation is 1. The number of amides is 1. The van der Waals surface area contributed by atoms with E-state index in [9.17, 15) is 18.0 Å². The van der Waals surface area contributed by atoms with E-state index < -0.39 is 12.7 Å². The van der Waals surface area contributed by atoms with Crippen molar-refractivity contribution in [1.29, 1.82) is 0 Å². The number of hydrogen-bond acceptors (Lipinski definition) is 5. The summed E-state index contributed by atoms with van der Waals surface area (Å²) in [5, 5.41) is 6.54. The second-order valence-electron chi connectivity index (χ2n) is 6.11. The molecule has 0 saturated carbocycles. The Balaban J connectivity index is 2.09. The molecule has 0 saturated heterocycles. The molecule has 1 N–H and O–H groups in total. The maximum absolute atomic E-state index is 12.1. The molecule has 0 bridgehead atoms. The first kappa shape index (κ1) is 20.4. The third-order valence-corrected chi connectivity index (χ3v) is 3.28. The van der Waals surface area contributed by atoms with Gasteiger partial charge in [-0.25, -0.2) is 0 Å². The van der Waals surface area contributed by atoms with Crippen molar-refractivity contribution >= 4 is 5.91 Å². The Morgan fingerprint density at radius 2 is 2.04 bits per heavy atom. The van der Waals surface area contributed by atoms with Crippen molar-refractivity contribution in [3.63, 3.8) is 0 Å². The van der Waals surface area contributed by atoms with Crippen LogP contribution in [0.1, 0.15) is 50.7 Å². The average Bonchev–Trinajstić information content (AvgIpc) is 2.91. The quantitative estimate of drug-likeness (QED) is 0.657. The van der Waals surface area contributed by atoms with Gasteiger partial charge < -0.3 is 9.84 Å². The van der Waals surface area contributed by atoms with Crippen molar-refractivity contribution in [1.82, 2.24) is 20.4 Å². The predicted octanol–water partition coefficient (Wildman–Crippen LogP) is 2.52. The second-order valence-corrected chi connectivity index (χ2v) is 6.11. The fraction of sp³-hybridized carbons (Fsp3) is 0.800. The normalized spacial score (nSPS) is 12.2. The van der Waals surface area contributed by atoms with Crippen LogP contribution in [0.15, 0.2) is 4.52 Å². The Kier molecular flexibility index (Phi) is 8.17. The van der Waals surface area contributed by atoms with E-state index in [1.54, 1.807) is 0 Å². The Morgan fingerprint density at radius 1 is 1.33 bits per heavy atom. The monoisotopic (exact) mass is 350 g/mol. The van der Waals surface area contributed by atoms with E-state index in [0.29, 0.717) is 43.9 Å². The Hall–Kier alpha value is -1.64. The van der Waals surface area contributed by atoms with E-state index in [2.05, 4.69) is 15.5 Å². The largest absolute Gasteiger partial charge is 0.401 e. The van der Waals surface area contributed by atoms with Crippen molar-refractivity contribution < 1.29 is 22.5 Å². The molecular formula is C15H25F3N4O2. The zero-order chi connectivity index (χ0) is 18.2. The van der Waals surface area contributed by atoms with Gasteiger partial charge in [-0.05, 0) is 26.4 Å². The van der Waals surface area contributed by atoms with Gasteiger partial charge in [-0.15, -0.1) is 0 Å². The summed E-state index contributed by atoms with van der Waals surface area (Å²) in [6, 6.07) is 0. The van der Waals surface area contributed by atoms with Crippen LogP contribution in [0, 0.1) is 0 Å². The van der Waals surface area contributed by atoms with Crippen molar-refractivity contribution in [2.75, 3.05) is 26.7 Å². The summed E-state index contributed by atoms with van der Waals surface area (Å²) < 4.78 is 41.5. The lowest BCUT2D eigenvalue weighted by atomic mass is 10.2. The number of hydrogen-bond donors (Lipinski definition) is 1. The molecule has 0 unspecified atom stereocenters. The molecule has 1 aromatic heterocycles. The summed E-state index contributed by atoms with van der Waals surface area (Å²) in [5.41, 5.74) is 0. The highest BCUT2D eigenvalue weighted by atomic mass is 19.4. The minimum Gasteiger partial charge on any atom is -0.356 e. The fourth-order valence-electron chi connectivity index (χ4n) is 2.05. The van der Waals surface area contributed by atoms with Crippen LogP contribution in [0.25, 0.3) is 0 Å². The molecule has 0 spiro atoms. The average molecular weight is 350 g/mol. The molecule has 0 aliphatic rings. The van der Waals surface area contributed by atoms with Gasteiger partial charge in [0.25, 0.3) is 0 Å². The van der Waals surface area contributed by atoms with Crippen LogP contribution in [0.3, 0.4) is 0 Å². The van der Waals surface area contributed by atoms with Gasteiger partial charge in [0.15, 0.2) is 5.82 Å². The molecule has 24 heavy (non-hydrogen) atoms. The number of nitrogens with one attached hydrogen (secondary N) is 1. The Bertz CT molecular complexity index is 503. The highest BCUT2D eigenvalue weighted by Crippen LogP contribution is 2.15. The van der Waals surface area contributed by atoms with Gasteiger partial charge in [0.05, 0.1) is 6.54 Å². The van der Waals surface area contributed by atoms with Gasteiger partial charge in [0.2, 0.25) is 11.8 Å². The maximum Gasteiger partial charge on any atom is 0.401 e. The molecule has 1 heterocycles. The molecular weight excluding hydrogens is 325 g/mol. The van der Waals surface area contributed by atoms with E-state index >= 15 is 0 Å². The van der Waals surface area contributed by atoms with Crippen molar-refractivity contribution in [2.45, 2.75) is 51.6 Å². The van der Waals surface area contributed by atoms with Crippen LogP contribution in [-0.4, -0.2) is 53.8 Å². The van der Waals surface area contributed by atoms with E-state index in [0.717, 1.165) is 0 Å². The smallest absolute Gasteiger partial charge is 0.356 e. The zero-order valence-electron chi connectivity index (χ0n) is 14.3. The fourth-order valence-corrected chi connectivity index (χ4v) is 2.05. The third-order valence-electron chi connectivity index (χ3n) is 3.28. The third kappa shape index (κ3) is 8.85. The van der Waals surface area contributed by atoms with Gasteiger partial charge in [-0.2, -0.15) is 18.2 Å². The van der Waals surface area contributed by atoms with Gasteiger partial charge in [-0.1, -0.05) is 19.0 Å². The molecule has 1 rings (SSSR count). The number of nitrogens with zero attached hydrogens (tertiary/aromatic N) is 3. The van der Waals surface area contributed by atoms with Crippen LogP contribution in [0.2, 0.25) is 0 Å². The van der Waals surface area contributed by atoms with E-state index in [4.69, 9.17) is 4.52 Å². The Morgan fingerprint density at radius 3 is 2.62 bits per heavy atom. The summed E-state index contributed by atoms with van der Waals surface area (Å²) in [4.78, 5) is 17.1. The van der Waals surface area contributed by atoms with Gasteiger partial charge in [0, 0.05) is 25.3 Å². The lowest BCUT2D eigenvalue weighted by Gasteiger charge is -2.18. The summed E-state index contributed by atoms with van der Waals surface area (Å²) >= 11 is 0. The van der Waals surface area contributed by atoms with Crippen molar-refractivity contribution in [2.24, 2.45) is 0 Å². The van der Waals surface area contributed by atoms with Crippen LogP contribution in [-0.2, 0) is 11.2 Å². The number of aromatic nitrogens is 2. The zero-order valence-corrected chi connectivity index (χ0v) is 14.3. The molecule has 0 atom stereocenters. The minimum atomic E-state index is -4.19. The molecule has 9 heteroatoms. The van der Waals surface area contributed by atoms with Crippen molar-refractivity contribution in [3.8, 4) is 0 Å². The van der Waals surface area contributed by atoms with Crippen LogP contribution >= 0.6 is 0 Å². The van der Waals surface area contributed by atoms with E-state index in [-0.39, 0.29) is 18.4 Å². The van der Waals surface area contributed by atoms with Crippen LogP contribution in [0.4, 0.5) is 13.2 Å². The lowest BCUT2D eigenvalue weighted by Crippen LogP contribution is -2.33. The van der Waals surface area contributed by atoms with Gasteiger partial charge in [0.1, 0.15) is 0 Å². The number of alkyl halides is 3. The predicted molar refractivity (Wildman–Crippen MR) is 82.5 cm³/mol. The summed E-state index contributed by atoms with van der Waals surface area (Å²) in [6.07, 6.45) is -2.29. The first-order chi connectivity index (χ1) is 11.2. The molecule has 1 amide bonds. The summed E-state index contributed by atoms with van der Waals surface area (Å²) in [6.45, 7) is 3.63. The molecule has 0 fully saturated rings. The van der Waals surface area contributed by atoms with Crippen LogP contribution < -0.4 is 5.32 Å². The number of rotatable bonds is 10. The van der Waals surface area contributed by atoms with Crippen LogP contribution in [0.5, 0.6) is 0 Å². The maximum atomic E-state index is 12.1. The Labute approximate surface area is 139 Å². The highest BCUT2D eigenvalue weighted by Gasteiger charge is 2.28. The molecule has 0 aromatic carbocycles. The first-order valence-corrected chi connectivity index (χ1v) is 8.02. The SMILES string of the molecule is CC(C)c1noc(CCCC(=O)NCCCN(C)CC(F)(F)F)n1. The standard InChI is InChI=1S/C15H25F3N4O2/c1-11(2)14-20-13(24-21-14)7-4-6-12(23)19-8-5-9-22(3)10-15(16,17)18/h11H,4-10H2,1-3H3,(H,19,23). The van der Waals surface area contributed by atoms with Gasteiger partial charge in [-0.3, -0.25) is 9.69 Å². The molecule has 138 valence electrons. The second kappa shape index (κ2) is 9.61. The minimum absolute atomic E-state index is 0.128. The van der Waals surface area contributed by atoms with E-state index in [1.807, 2.05) is 13.8 Å².